The monoisotopic (exact) mass is 289 g/mol. The van der Waals surface area contributed by atoms with Crippen molar-refractivity contribution in [1.82, 2.24) is 5.32 Å². The van der Waals surface area contributed by atoms with Crippen LogP contribution in [0.5, 0.6) is 0 Å². The van der Waals surface area contributed by atoms with Crippen LogP contribution < -0.4 is 5.32 Å². The van der Waals surface area contributed by atoms with E-state index in [0.717, 1.165) is 13.0 Å². The third-order valence-electron chi connectivity index (χ3n) is 3.18. The summed E-state index contributed by atoms with van der Waals surface area (Å²) in [6, 6.07) is 14.5. The van der Waals surface area contributed by atoms with Gasteiger partial charge in [-0.25, -0.2) is 0 Å². The van der Waals surface area contributed by atoms with Gasteiger partial charge in [0.15, 0.2) is 0 Å². The minimum Gasteiger partial charge on any atom is -0.481 e. The van der Waals surface area contributed by atoms with E-state index in [0.29, 0.717) is 6.42 Å². The molecule has 2 rings (SSSR count). The molecule has 0 saturated carbocycles. The largest absolute Gasteiger partial charge is 0.481 e. The van der Waals surface area contributed by atoms with Crippen LogP contribution in [0.3, 0.4) is 0 Å². The van der Waals surface area contributed by atoms with Gasteiger partial charge >= 0.3 is 5.97 Å². The molecule has 1 atom stereocenters. The number of rotatable bonds is 8. The maximum atomic E-state index is 10.8. The number of carboxylic acid groups (broad SMARTS) is 1. The summed E-state index contributed by atoms with van der Waals surface area (Å²) in [5.41, 5.74) is 1.24. The number of nitrogens with one attached hydrogen (secondary N) is 1. The number of thiophene rings is 1. The lowest BCUT2D eigenvalue weighted by atomic mass is 10.0. The average molecular weight is 289 g/mol. The van der Waals surface area contributed by atoms with Crippen LogP contribution >= 0.6 is 11.3 Å². The van der Waals surface area contributed by atoms with Gasteiger partial charge in [-0.05, 0) is 29.9 Å². The highest BCUT2D eigenvalue weighted by atomic mass is 32.1. The van der Waals surface area contributed by atoms with Gasteiger partial charge in [-0.2, -0.15) is 0 Å². The molecule has 0 saturated heterocycles. The molecule has 0 aliphatic rings. The summed E-state index contributed by atoms with van der Waals surface area (Å²) in [4.78, 5) is 12.0. The van der Waals surface area contributed by atoms with E-state index in [9.17, 15) is 4.79 Å². The molecule has 0 fully saturated rings. The molecule has 0 bridgehead atoms. The first-order valence-electron chi connectivity index (χ1n) is 6.75. The summed E-state index contributed by atoms with van der Waals surface area (Å²) in [5.74, 6) is -0.735. The molecule has 0 aliphatic carbocycles. The highest BCUT2D eigenvalue weighted by Crippen LogP contribution is 2.12. The van der Waals surface area contributed by atoms with Gasteiger partial charge in [0.25, 0.3) is 0 Å². The number of carbonyl (C=O) groups is 1. The predicted octanol–water partition coefficient (Wildman–Crippen LogP) is 3.31. The highest BCUT2D eigenvalue weighted by molar-refractivity contribution is 7.09. The molecule has 20 heavy (non-hydrogen) atoms. The van der Waals surface area contributed by atoms with Gasteiger partial charge in [-0.15, -0.1) is 11.3 Å². The Balaban J connectivity index is 1.91. The quantitative estimate of drug-likeness (QED) is 0.784. The van der Waals surface area contributed by atoms with Gasteiger partial charge in [0.05, 0.1) is 0 Å². The Morgan fingerprint density at radius 3 is 2.65 bits per heavy atom. The smallest absolute Gasteiger partial charge is 0.303 e. The minimum atomic E-state index is -0.735. The van der Waals surface area contributed by atoms with Crippen molar-refractivity contribution in [2.45, 2.75) is 31.8 Å². The van der Waals surface area contributed by atoms with E-state index in [4.69, 9.17) is 5.11 Å². The van der Waals surface area contributed by atoms with Crippen LogP contribution in [0.4, 0.5) is 0 Å². The summed E-state index contributed by atoms with van der Waals surface area (Å²) < 4.78 is 0. The standard InChI is InChI=1S/C16H19NO2S/c18-16(19)9-8-14(11-13-5-2-1-3-6-13)17-12-15-7-4-10-20-15/h1-7,10,14,17H,8-9,11-12H2,(H,18,19). The third kappa shape index (κ3) is 5.15. The fraction of sp³-hybridized carbons (Fsp3) is 0.312. The van der Waals surface area contributed by atoms with E-state index in [-0.39, 0.29) is 12.5 Å². The summed E-state index contributed by atoms with van der Waals surface area (Å²) in [5, 5.41) is 14.4. The molecule has 1 heterocycles. The van der Waals surface area contributed by atoms with Crippen LogP contribution in [0.1, 0.15) is 23.3 Å². The van der Waals surface area contributed by atoms with Crippen LogP contribution in [-0.4, -0.2) is 17.1 Å². The zero-order valence-electron chi connectivity index (χ0n) is 11.3. The molecule has 1 aromatic carbocycles. The second kappa shape index (κ2) is 7.82. The molecule has 0 amide bonds. The topological polar surface area (TPSA) is 49.3 Å². The lowest BCUT2D eigenvalue weighted by Gasteiger charge is -2.17. The van der Waals surface area contributed by atoms with E-state index in [1.807, 2.05) is 24.3 Å². The van der Waals surface area contributed by atoms with Crippen molar-refractivity contribution in [3.63, 3.8) is 0 Å². The van der Waals surface area contributed by atoms with E-state index in [1.165, 1.54) is 10.4 Å². The molecule has 0 spiro atoms. The molecule has 2 N–H and O–H groups in total. The third-order valence-corrected chi connectivity index (χ3v) is 4.05. The summed E-state index contributed by atoms with van der Waals surface area (Å²) >= 11 is 1.72. The van der Waals surface area contributed by atoms with E-state index >= 15 is 0 Å². The second-order valence-electron chi connectivity index (χ2n) is 4.78. The van der Waals surface area contributed by atoms with E-state index < -0.39 is 5.97 Å². The molecule has 3 nitrogen and oxygen atoms in total. The van der Waals surface area contributed by atoms with Crippen LogP contribution in [0, 0.1) is 0 Å². The number of carboxylic acids is 1. The Hall–Kier alpha value is -1.65. The number of hydrogen-bond donors (Lipinski definition) is 2. The fourth-order valence-corrected chi connectivity index (χ4v) is 2.79. The summed E-state index contributed by atoms with van der Waals surface area (Å²) in [7, 11) is 0. The van der Waals surface area contributed by atoms with Gasteiger partial charge in [0.2, 0.25) is 0 Å². The first kappa shape index (κ1) is 14.8. The maximum Gasteiger partial charge on any atom is 0.303 e. The van der Waals surface area contributed by atoms with Gasteiger partial charge in [-0.1, -0.05) is 36.4 Å². The van der Waals surface area contributed by atoms with Crippen LogP contribution in [0.2, 0.25) is 0 Å². The van der Waals surface area contributed by atoms with Crippen molar-refractivity contribution >= 4 is 17.3 Å². The molecular formula is C16H19NO2S. The molecule has 2 aromatic rings. The molecule has 4 heteroatoms. The van der Waals surface area contributed by atoms with Crippen molar-refractivity contribution < 1.29 is 9.90 Å². The van der Waals surface area contributed by atoms with E-state index in [1.54, 1.807) is 11.3 Å². The van der Waals surface area contributed by atoms with Crippen molar-refractivity contribution in [3.05, 3.63) is 58.3 Å². The van der Waals surface area contributed by atoms with Gasteiger partial charge in [-0.3, -0.25) is 4.79 Å². The lowest BCUT2D eigenvalue weighted by Crippen LogP contribution is -2.31. The highest BCUT2D eigenvalue weighted by Gasteiger charge is 2.11. The Morgan fingerprint density at radius 2 is 2.00 bits per heavy atom. The Bertz CT molecular complexity index is 511. The van der Waals surface area contributed by atoms with Crippen molar-refractivity contribution in [1.29, 1.82) is 0 Å². The van der Waals surface area contributed by atoms with Crippen LogP contribution in [-0.2, 0) is 17.8 Å². The second-order valence-corrected chi connectivity index (χ2v) is 5.81. The Kier molecular flexibility index (Phi) is 5.77. The predicted molar refractivity (Wildman–Crippen MR) is 82.0 cm³/mol. The number of hydrogen-bond acceptors (Lipinski definition) is 3. The van der Waals surface area contributed by atoms with Crippen molar-refractivity contribution in [2.75, 3.05) is 0 Å². The first-order valence-corrected chi connectivity index (χ1v) is 7.63. The molecule has 1 aromatic heterocycles. The molecule has 1 unspecified atom stereocenters. The number of aliphatic carboxylic acids is 1. The van der Waals surface area contributed by atoms with Crippen LogP contribution in [0.15, 0.2) is 47.8 Å². The zero-order chi connectivity index (χ0) is 14.2. The van der Waals surface area contributed by atoms with Crippen LogP contribution in [0.25, 0.3) is 0 Å². The Morgan fingerprint density at radius 1 is 1.20 bits per heavy atom. The lowest BCUT2D eigenvalue weighted by molar-refractivity contribution is -0.137. The SMILES string of the molecule is O=C(O)CCC(Cc1ccccc1)NCc1cccs1. The van der Waals surface area contributed by atoms with Crippen molar-refractivity contribution in [2.24, 2.45) is 0 Å². The average Bonchev–Trinajstić information content (AvgIpc) is 2.96. The van der Waals surface area contributed by atoms with E-state index in [2.05, 4.69) is 28.9 Å². The maximum absolute atomic E-state index is 10.8. The zero-order valence-corrected chi connectivity index (χ0v) is 12.1. The molecule has 0 aliphatic heterocycles. The fourth-order valence-electron chi connectivity index (χ4n) is 2.13. The Labute approximate surface area is 123 Å². The normalized spacial score (nSPS) is 12.2. The number of benzene rings is 1. The van der Waals surface area contributed by atoms with Gasteiger partial charge < -0.3 is 10.4 Å². The minimum absolute atomic E-state index is 0.190. The molecule has 0 radical (unpaired) electrons. The summed E-state index contributed by atoms with van der Waals surface area (Å²) in [6.45, 7) is 0.800. The molecular weight excluding hydrogens is 270 g/mol. The van der Waals surface area contributed by atoms with Crippen molar-refractivity contribution in [3.8, 4) is 0 Å². The van der Waals surface area contributed by atoms with Gasteiger partial charge in [0, 0.05) is 23.9 Å². The molecule has 106 valence electrons. The summed E-state index contributed by atoms with van der Waals surface area (Å²) in [6.07, 6.45) is 1.71. The first-order chi connectivity index (χ1) is 9.74. The van der Waals surface area contributed by atoms with Gasteiger partial charge in [0.1, 0.15) is 0 Å².